The van der Waals surface area contributed by atoms with Crippen LogP contribution in [0, 0.1) is 30.9 Å². The Kier molecular flexibility index (Phi) is 6.54. The second-order valence-electron chi connectivity index (χ2n) is 7.90. The van der Waals surface area contributed by atoms with E-state index in [4.69, 9.17) is 0 Å². The smallest absolute Gasteiger partial charge is 0.293 e. The van der Waals surface area contributed by atoms with Gasteiger partial charge in [-0.3, -0.25) is 24.3 Å². The third-order valence-electron chi connectivity index (χ3n) is 5.54. The Balaban J connectivity index is 1.76. The molecule has 0 spiro atoms. The minimum Gasteiger partial charge on any atom is -0.319 e. The van der Waals surface area contributed by atoms with Gasteiger partial charge in [-0.25, -0.2) is 4.98 Å². The van der Waals surface area contributed by atoms with Crippen LogP contribution in [-0.4, -0.2) is 20.4 Å². The first-order valence-corrected chi connectivity index (χ1v) is 12.1. The summed E-state index contributed by atoms with van der Waals surface area (Å²) in [7, 11) is 1.63. The molecule has 1 amide bonds. The summed E-state index contributed by atoms with van der Waals surface area (Å²) in [6.45, 7) is 5.60. The number of nitrogens with one attached hydrogen (secondary N) is 1. The van der Waals surface area contributed by atoms with Crippen molar-refractivity contribution in [3.05, 3.63) is 90.6 Å². The monoisotopic (exact) mass is 494 g/mol. The van der Waals surface area contributed by atoms with Crippen LogP contribution in [0.5, 0.6) is 0 Å². The number of benzene rings is 2. The average Bonchev–Trinajstić information content (AvgIpc) is 3.10. The van der Waals surface area contributed by atoms with E-state index >= 15 is 0 Å². The van der Waals surface area contributed by atoms with Crippen molar-refractivity contribution in [2.75, 3.05) is 5.32 Å². The highest BCUT2D eigenvalue weighted by molar-refractivity contribution is 8.00. The van der Waals surface area contributed by atoms with Crippen molar-refractivity contribution >= 4 is 50.6 Å². The number of nitrogens with zero attached hydrogens (tertiary/aromatic N) is 3. The van der Waals surface area contributed by atoms with Crippen LogP contribution in [-0.2, 0) is 11.8 Å². The van der Waals surface area contributed by atoms with Gasteiger partial charge in [-0.05, 0) is 43.5 Å². The van der Waals surface area contributed by atoms with Crippen LogP contribution in [0.25, 0.3) is 10.2 Å². The van der Waals surface area contributed by atoms with Crippen LogP contribution in [0.4, 0.5) is 11.4 Å². The van der Waals surface area contributed by atoms with Crippen molar-refractivity contribution in [3.8, 4) is 0 Å². The highest BCUT2D eigenvalue weighted by Gasteiger charge is 2.27. The molecule has 4 aromatic rings. The van der Waals surface area contributed by atoms with Crippen molar-refractivity contribution in [2.24, 2.45) is 7.05 Å². The molecule has 8 nitrogen and oxygen atoms in total. The minimum absolute atomic E-state index is 0.115. The molecular formula is C24H22N4O4S2. The Morgan fingerprint density at radius 2 is 1.88 bits per heavy atom. The molecule has 1 atom stereocenters. The zero-order chi connectivity index (χ0) is 24.6. The Hall–Kier alpha value is -3.50. The fraction of sp³-hybridized carbons (Fsp3) is 0.208. The molecule has 0 saturated carbocycles. The number of hydrogen-bond acceptors (Lipinski definition) is 7. The molecule has 2 aromatic carbocycles. The fourth-order valence-electron chi connectivity index (χ4n) is 3.56. The topological polar surface area (TPSA) is 107 Å². The van der Waals surface area contributed by atoms with E-state index in [-0.39, 0.29) is 16.9 Å². The van der Waals surface area contributed by atoms with Crippen LogP contribution < -0.4 is 10.9 Å². The molecule has 10 heteroatoms. The lowest BCUT2D eigenvalue weighted by Crippen LogP contribution is -2.23. The number of amides is 1. The maximum Gasteiger partial charge on any atom is 0.293 e. The van der Waals surface area contributed by atoms with Crippen molar-refractivity contribution < 1.29 is 9.72 Å². The summed E-state index contributed by atoms with van der Waals surface area (Å²) < 4.78 is 1.45. The number of hydrogen-bond donors (Lipinski definition) is 1. The number of nitro benzene ring substituents is 1. The fourth-order valence-corrected chi connectivity index (χ4v) is 5.70. The predicted octanol–water partition coefficient (Wildman–Crippen LogP) is 5.30. The first kappa shape index (κ1) is 23.7. The van der Waals surface area contributed by atoms with E-state index in [1.807, 2.05) is 32.0 Å². The van der Waals surface area contributed by atoms with Gasteiger partial charge in [0.25, 0.3) is 11.2 Å². The molecule has 2 heterocycles. The van der Waals surface area contributed by atoms with E-state index < -0.39 is 16.1 Å². The van der Waals surface area contributed by atoms with Gasteiger partial charge in [-0.2, -0.15) is 0 Å². The maximum absolute atomic E-state index is 13.4. The van der Waals surface area contributed by atoms with Gasteiger partial charge in [-0.1, -0.05) is 48.2 Å². The molecule has 4 rings (SSSR count). The number of carbonyl (C=O) groups excluding carboxylic acids is 1. The number of anilines is 1. The van der Waals surface area contributed by atoms with Gasteiger partial charge in [-0.15, -0.1) is 11.3 Å². The molecule has 174 valence electrons. The van der Waals surface area contributed by atoms with Crippen LogP contribution in [0.15, 0.2) is 58.5 Å². The van der Waals surface area contributed by atoms with Crippen LogP contribution in [0.2, 0.25) is 0 Å². The summed E-state index contributed by atoms with van der Waals surface area (Å²) in [5.74, 6) is -0.448. The van der Waals surface area contributed by atoms with Gasteiger partial charge < -0.3 is 5.32 Å². The van der Waals surface area contributed by atoms with E-state index in [9.17, 15) is 19.7 Å². The predicted molar refractivity (Wildman–Crippen MR) is 136 cm³/mol. The lowest BCUT2D eigenvalue weighted by Gasteiger charge is -2.18. The molecular weight excluding hydrogens is 472 g/mol. The maximum atomic E-state index is 13.4. The van der Waals surface area contributed by atoms with Crippen molar-refractivity contribution in [1.82, 2.24) is 9.55 Å². The molecule has 0 bridgehead atoms. The molecule has 2 aromatic heterocycles. The second kappa shape index (κ2) is 9.40. The van der Waals surface area contributed by atoms with Crippen LogP contribution in [0.3, 0.4) is 0 Å². The average molecular weight is 495 g/mol. The number of aryl methyl sites for hydroxylation is 3. The van der Waals surface area contributed by atoms with Gasteiger partial charge in [0.15, 0.2) is 5.16 Å². The third-order valence-corrected chi connectivity index (χ3v) is 7.94. The molecule has 0 aliphatic rings. The number of aromatic nitrogens is 2. The molecule has 0 aliphatic carbocycles. The highest BCUT2D eigenvalue weighted by Crippen LogP contribution is 2.37. The second-order valence-corrected chi connectivity index (χ2v) is 10.2. The van der Waals surface area contributed by atoms with E-state index in [2.05, 4.69) is 10.3 Å². The van der Waals surface area contributed by atoms with E-state index in [0.717, 1.165) is 22.2 Å². The molecule has 1 N–H and O–H groups in total. The van der Waals surface area contributed by atoms with Gasteiger partial charge in [0.05, 0.1) is 10.3 Å². The lowest BCUT2D eigenvalue weighted by atomic mass is 10.1. The minimum atomic E-state index is -0.792. The van der Waals surface area contributed by atoms with Crippen molar-refractivity contribution in [2.45, 2.75) is 31.2 Å². The molecule has 1 unspecified atom stereocenters. The summed E-state index contributed by atoms with van der Waals surface area (Å²) in [5.41, 5.74) is 2.08. The van der Waals surface area contributed by atoms with E-state index in [0.29, 0.717) is 26.5 Å². The van der Waals surface area contributed by atoms with Crippen LogP contribution in [0.1, 0.15) is 26.8 Å². The SMILES string of the molecule is Cc1ccc(NC(=O)C(Sc2nc3sc(C)c(C)c3c(=O)n2C)c2ccccc2)c([N+](=O)[O-])c1. The van der Waals surface area contributed by atoms with Gasteiger partial charge in [0.2, 0.25) is 5.91 Å². The Labute approximate surface area is 203 Å². The number of thiophene rings is 1. The summed E-state index contributed by atoms with van der Waals surface area (Å²) in [4.78, 5) is 43.8. The quantitative estimate of drug-likeness (QED) is 0.169. The number of fused-ring (bicyclic) bond motifs is 1. The number of nitro groups is 1. The standard InChI is InChI=1S/C24H22N4O4S2/c1-13-10-11-17(18(12-13)28(31)32)25-21(29)20(16-8-6-5-7-9-16)34-24-26-22-19(23(30)27(24)4)14(2)15(3)33-22/h5-12,20H,1-4H3,(H,25,29). The van der Waals surface area contributed by atoms with Crippen LogP contribution >= 0.6 is 23.1 Å². The number of rotatable bonds is 6. The first-order chi connectivity index (χ1) is 16.2. The zero-order valence-electron chi connectivity index (χ0n) is 19.0. The largest absolute Gasteiger partial charge is 0.319 e. The van der Waals surface area contributed by atoms with Gasteiger partial charge in [0, 0.05) is 18.0 Å². The molecule has 0 fully saturated rings. The Bertz CT molecular complexity index is 1480. The molecule has 0 aliphatic heterocycles. The van der Waals surface area contributed by atoms with Crippen molar-refractivity contribution in [1.29, 1.82) is 0 Å². The normalized spacial score (nSPS) is 12.0. The third kappa shape index (κ3) is 4.46. The summed E-state index contributed by atoms with van der Waals surface area (Å²) in [5, 5.41) is 14.4. The van der Waals surface area contributed by atoms with Crippen molar-refractivity contribution in [3.63, 3.8) is 0 Å². The number of thioether (sulfide) groups is 1. The van der Waals surface area contributed by atoms with E-state index in [1.165, 1.54) is 28.0 Å². The Morgan fingerprint density at radius 1 is 1.18 bits per heavy atom. The summed E-state index contributed by atoms with van der Waals surface area (Å²) in [6.07, 6.45) is 0. The summed E-state index contributed by atoms with van der Waals surface area (Å²) >= 11 is 2.58. The molecule has 34 heavy (non-hydrogen) atoms. The summed E-state index contributed by atoms with van der Waals surface area (Å²) in [6, 6.07) is 13.7. The van der Waals surface area contributed by atoms with E-state index in [1.54, 1.807) is 32.2 Å². The number of carbonyl (C=O) groups is 1. The Morgan fingerprint density at radius 3 is 2.56 bits per heavy atom. The zero-order valence-corrected chi connectivity index (χ0v) is 20.6. The van der Waals surface area contributed by atoms with Gasteiger partial charge >= 0.3 is 0 Å². The highest BCUT2D eigenvalue weighted by atomic mass is 32.2. The molecule has 0 radical (unpaired) electrons. The molecule has 0 saturated heterocycles. The van der Waals surface area contributed by atoms with Gasteiger partial charge in [0.1, 0.15) is 15.8 Å². The lowest BCUT2D eigenvalue weighted by molar-refractivity contribution is -0.384. The first-order valence-electron chi connectivity index (χ1n) is 10.4.